The quantitative estimate of drug-likeness (QED) is 0.617. The number of fused-ring (bicyclic) bond motifs is 1. The molecule has 0 aliphatic heterocycles. The standard InChI is InChI=1S/C23H22FNO4/c1-14(16-8-9-18-13-19(28-3)11-10-17(18)12-16)23(27)29-15(2)22(26)25-21-7-5-4-6-20(21)24/h4-15H,1-3H3,(H,25,26)/t14-,15-/m0/s1. The molecule has 0 heterocycles. The van der Waals surface area contributed by atoms with E-state index in [1.54, 1.807) is 20.1 Å². The van der Waals surface area contributed by atoms with Crippen LogP contribution >= 0.6 is 0 Å². The van der Waals surface area contributed by atoms with Crippen LogP contribution in [0, 0.1) is 5.82 Å². The number of esters is 1. The number of methoxy groups -OCH3 is 1. The number of ether oxygens (including phenoxy) is 2. The van der Waals surface area contributed by atoms with E-state index >= 15 is 0 Å². The Morgan fingerprint density at radius 2 is 1.66 bits per heavy atom. The summed E-state index contributed by atoms with van der Waals surface area (Å²) >= 11 is 0. The highest BCUT2D eigenvalue weighted by atomic mass is 19.1. The fraction of sp³-hybridized carbons (Fsp3) is 0.217. The molecule has 2 atom stereocenters. The summed E-state index contributed by atoms with van der Waals surface area (Å²) in [6.07, 6.45) is -1.06. The van der Waals surface area contributed by atoms with Crippen molar-refractivity contribution in [3.63, 3.8) is 0 Å². The maximum absolute atomic E-state index is 13.7. The van der Waals surface area contributed by atoms with Gasteiger partial charge < -0.3 is 14.8 Å². The van der Waals surface area contributed by atoms with Crippen LogP contribution in [0.4, 0.5) is 10.1 Å². The fourth-order valence-corrected chi connectivity index (χ4v) is 2.90. The van der Waals surface area contributed by atoms with Crippen LogP contribution in [0.2, 0.25) is 0 Å². The first-order valence-corrected chi connectivity index (χ1v) is 9.22. The van der Waals surface area contributed by atoms with Gasteiger partial charge in [0.15, 0.2) is 6.10 Å². The van der Waals surface area contributed by atoms with E-state index in [-0.39, 0.29) is 5.69 Å². The zero-order valence-electron chi connectivity index (χ0n) is 16.4. The second-order valence-electron chi connectivity index (χ2n) is 6.74. The Morgan fingerprint density at radius 3 is 2.38 bits per heavy atom. The van der Waals surface area contributed by atoms with E-state index in [0.717, 1.165) is 22.1 Å². The molecule has 6 heteroatoms. The van der Waals surface area contributed by atoms with Crippen molar-refractivity contribution in [1.29, 1.82) is 0 Å². The molecule has 1 amide bonds. The van der Waals surface area contributed by atoms with E-state index in [4.69, 9.17) is 9.47 Å². The Kier molecular flexibility index (Phi) is 6.12. The predicted molar refractivity (Wildman–Crippen MR) is 109 cm³/mol. The van der Waals surface area contributed by atoms with Crippen molar-refractivity contribution in [3.8, 4) is 5.75 Å². The van der Waals surface area contributed by atoms with E-state index in [0.29, 0.717) is 0 Å². The SMILES string of the molecule is COc1ccc2cc([C@H](C)C(=O)O[C@@H](C)C(=O)Nc3ccccc3F)ccc2c1. The highest BCUT2D eigenvalue weighted by molar-refractivity contribution is 5.95. The zero-order chi connectivity index (χ0) is 21.0. The van der Waals surface area contributed by atoms with Crippen LogP contribution in [-0.2, 0) is 14.3 Å². The highest BCUT2D eigenvalue weighted by Gasteiger charge is 2.24. The Morgan fingerprint density at radius 1 is 0.966 bits per heavy atom. The number of benzene rings is 3. The molecule has 0 saturated carbocycles. The highest BCUT2D eigenvalue weighted by Crippen LogP contribution is 2.26. The molecule has 3 aromatic rings. The number of rotatable bonds is 6. The molecular formula is C23H22FNO4. The molecule has 1 N–H and O–H groups in total. The Bertz CT molecular complexity index is 1050. The third-order valence-corrected chi connectivity index (χ3v) is 4.72. The van der Waals surface area contributed by atoms with Crippen molar-refractivity contribution in [2.24, 2.45) is 0 Å². The minimum atomic E-state index is -1.06. The monoisotopic (exact) mass is 395 g/mol. The number of amides is 1. The van der Waals surface area contributed by atoms with Crippen molar-refractivity contribution in [2.75, 3.05) is 12.4 Å². The Hall–Kier alpha value is -3.41. The first kappa shape index (κ1) is 20.3. The average Bonchev–Trinajstić information content (AvgIpc) is 2.73. The third-order valence-electron chi connectivity index (χ3n) is 4.72. The minimum absolute atomic E-state index is 0.0402. The second-order valence-corrected chi connectivity index (χ2v) is 6.74. The van der Waals surface area contributed by atoms with Gasteiger partial charge >= 0.3 is 5.97 Å². The van der Waals surface area contributed by atoms with Crippen molar-refractivity contribution in [1.82, 2.24) is 0 Å². The number of nitrogens with one attached hydrogen (secondary N) is 1. The van der Waals surface area contributed by atoms with Crippen molar-refractivity contribution in [3.05, 3.63) is 72.0 Å². The largest absolute Gasteiger partial charge is 0.497 e. The molecule has 150 valence electrons. The van der Waals surface area contributed by atoms with Crippen LogP contribution in [0.5, 0.6) is 5.75 Å². The lowest BCUT2D eigenvalue weighted by atomic mass is 9.98. The molecule has 0 aromatic heterocycles. The third kappa shape index (κ3) is 4.71. The van der Waals surface area contributed by atoms with E-state index in [9.17, 15) is 14.0 Å². The smallest absolute Gasteiger partial charge is 0.313 e. The van der Waals surface area contributed by atoms with Gasteiger partial charge in [0, 0.05) is 0 Å². The van der Waals surface area contributed by atoms with Crippen LogP contribution in [0.25, 0.3) is 10.8 Å². The summed E-state index contributed by atoms with van der Waals surface area (Å²) in [6.45, 7) is 3.17. The van der Waals surface area contributed by atoms with Gasteiger partial charge in [-0.1, -0.05) is 36.4 Å². The van der Waals surface area contributed by atoms with Gasteiger partial charge in [0.2, 0.25) is 0 Å². The summed E-state index contributed by atoms with van der Waals surface area (Å²) in [4.78, 5) is 24.7. The Labute approximate surface area is 168 Å². The maximum atomic E-state index is 13.7. The van der Waals surface area contributed by atoms with Crippen molar-refractivity contribution >= 4 is 28.3 Å². The van der Waals surface area contributed by atoms with Crippen LogP contribution in [0.1, 0.15) is 25.3 Å². The summed E-state index contributed by atoms with van der Waals surface area (Å²) < 4.78 is 24.2. The van der Waals surface area contributed by atoms with Crippen LogP contribution in [0.3, 0.4) is 0 Å². The lowest BCUT2D eigenvalue weighted by Crippen LogP contribution is -2.31. The molecule has 0 fully saturated rings. The molecule has 0 unspecified atom stereocenters. The van der Waals surface area contributed by atoms with E-state index in [1.165, 1.54) is 25.1 Å². The van der Waals surface area contributed by atoms with Gasteiger partial charge in [-0.15, -0.1) is 0 Å². The maximum Gasteiger partial charge on any atom is 0.313 e. The number of hydrogen-bond acceptors (Lipinski definition) is 4. The van der Waals surface area contributed by atoms with Gasteiger partial charge in [-0.05, 0) is 54.4 Å². The predicted octanol–water partition coefficient (Wildman–Crippen LogP) is 4.66. The summed E-state index contributed by atoms with van der Waals surface area (Å²) in [6, 6.07) is 17.1. The minimum Gasteiger partial charge on any atom is -0.497 e. The van der Waals surface area contributed by atoms with Crippen LogP contribution in [0.15, 0.2) is 60.7 Å². The first-order valence-electron chi connectivity index (χ1n) is 9.22. The summed E-state index contributed by atoms with van der Waals surface area (Å²) in [5.41, 5.74) is 0.813. The molecule has 0 saturated heterocycles. The topological polar surface area (TPSA) is 64.6 Å². The van der Waals surface area contributed by atoms with Crippen LogP contribution < -0.4 is 10.1 Å². The molecule has 5 nitrogen and oxygen atoms in total. The Balaban J connectivity index is 1.67. The summed E-state index contributed by atoms with van der Waals surface area (Å²) in [5, 5.41) is 4.38. The first-order chi connectivity index (χ1) is 13.9. The molecule has 0 bridgehead atoms. The molecule has 0 spiro atoms. The summed E-state index contributed by atoms with van der Waals surface area (Å²) in [5.74, 6) is -1.49. The number of anilines is 1. The molecule has 0 aliphatic rings. The molecular weight excluding hydrogens is 373 g/mol. The van der Waals surface area contributed by atoms with E-state index < -0.39 is 29.7 Å². The molecule has 3 rings (SSSR count). The fourth-order valence-electron chi connectivity index (χ4n) is 2.90. The normalized spacial score (nSPS) is 12.8. The molecule has 3 aromatic carbocycles. The van der Waals surface area contributed by atoms with E-state index in [1.807, 2.05) is 36.4 Å². The molecule has 29 heavy (non-hydrogen) atoms. The average molecular weight is 395 g/mol. The number of carbonyl (C=O) groups excluding carboxylic acids is 2. The lowest BCUT2D eigenvalue weighted by Gasteiger charge is -2.17. The lowest BCUT2D eigenvalue weighted by molar-refractivity contribution is -0.154. The van der Waals surface area contributed by atoms with Crippen LogP contribution in [-0.4, -0.2) is 25.1 Å². The zero-order valence-corrected chi connectivity index (χ0v) is 16.4. The van der Waals surface area contributed by atoms with Gasteiger partial charge in [-0.25, -0.2) is 4.39 Å². The van der Waals surface area contributed by atoms with Gasteiger partial charge in [0.05, 0.1) is 18.7 Å². The number of carbonyl (C=O) groups is 2. The molecule has 0 aliphatic carbocycles. The van der Waals surface area contributed by atoms with Gasteiger partial charge in [-0.3, -0.25) is 9.59 Å². The van der Waals surface area contributed by atoms with E-state index in [2.05, 4.69) is 5.32 Å². The number of hydrogen-bond donors (Lipinski definition) is 1. The second kappa shape index (κ2) is 8.73. The van der Waals surface area contributed by atoms with Gasteiger partial charge in [-0.2, -0.15) is 0 Å². The molecule has 0 radical (unpaired) electrons. The number of para-hydroxylation sites is 1. The van der Waals surface area contributed by atoms with Crippen molar-refractivity contribution < 1.29 is 23.5 Å². The van der Waals surface area contributed by atoms with Crippen molar-refractivity contribution in [2.45, 2.75) is 25.9 Å². The van der Waals surface area contributed by atoms with Gasteiger partial charge in [0.1, 0.15) is 11.6 Å². The van der Waals surface area contributed by atoms with Gasteiger partial charge in [0.25, 0.3) is 5.91 Å². The number of halogens is 1. The summed E-state index contributed by atoms with van der Waals surface area (Å²) in [7, 11) is 1.61.